The van der Waals surface area contributed by atoms with E-state index in [1.54, 1.807) is 46.9 Å². The van der Waals surface area contributed by atoms with Gasteiger partial charge < -0.3 is 4.90 Å². The Morgan fingerprint density at radius 1 is 1.08 bits per heavy atom. The van der Waals surface area contributed by atoms with Crippen LogP contribution in [0.5, 0.6) is 0 Å². The van der Waals surface area contributed by atoms with Crippen LogP contribution in [0.15, 0.2) is 47.2 Å². The molecule has 1 saturated heterocycles. The first kappa shape index (κ1) is 17.7. The SMILES string of the molecule is O=C(c1ccc(Cl)cc1)N1CCN(Cc2nc(-c3cccs3)cs2)CC1. The van der Waals surface area contributed by atoms with Gasteiger partial charge in [-0.3, -0.25) is 9.69 Å². The molecule has 3 heterocycles. The van der Waals surface area contributed by atoms with Crippen molar-refractivity contribution in [2.24, 2.45) is 0 Å². The number of amides is 1. The summed E-state index contributed by atoms with van der Waals surface area (Å²) >= 11 is 9.32. The molecule has 7 heteroatoms. The largest absolute Gasteiger partial charge is 0.336 e. The molecule has 26 heavy (non-hydrogen) atoms. The van der Waals surface area contributed by atoms with Crippen LogP contribution in [0, 0.1) is 0 Å². The molecule has 1 aliphatic rings. The van der Waals surface area contributed by atoms with Gasteiger partial charge in [0.05, 0.1) is 17.1 Å². The lowest BCUT2D eigenvalue weighted by molar-refractivity contribution is 0.0628. The lowest BCUT2D eigenvalue weighted by atomic mass is 10.2. The summed E-state index contributed by atoms with van der Waals surface area (Å²) in [5.74, 6) is 0.0792. The molecular weight excluding hydrogens is 386 g/mol. The summed E-state index contributed by atoms with van der Waals surface area (Å²) in [5.41, 5.74) is 1.76. The summed E-state index contributed by atoms with van der Waals surface area (Å²) in [6.45, 7) is 4.06. The highest BCUT2D eigenvalue weighted by atomic mass is 35.5. The molecule has 0 atom stereocenters. The maximum atomic E-state index is 12.6. The fourth-order valence-electron chi connectivity index (χ4n) is 3.00. The molecule has 0 saturated carbocycles. The third-order valence-electron chi connectivity index (χ3n) is 4.43. The lowest BCUT2D eigenvalue weighted by Crippen LogP contribution is -2.48. The summed E-state index contributed by atoms with van der Waals surface area (Å²) in [4.78, 5) is 22.8. The van der Waals surface area contributed by atoms with E-state index >= 15 is 0 Å². The standard InChI is InChI=1S/C19H18ClN3OS2/c20-15-5-3-14(4-6-15)19(24)23-9-7-22(8-10-23)12-18-21-16(13-26-18)17-2-1-11-25-17/h1-6,11,13H,7-10,12H2. The van der Waals surface area contributed by atoms with Gasteiger partial charge in [-0.15, -0.1) is 22.7 Å². The van der Waals surface area contributed by atoms with E-state index < -0.39 is 0 Å². The number of thiophene rings is 1. The second-order valence-electron chi connectivity index (χ2n) is 6.18. The second kappa shape index (κ2) is 7.88. The van der Waals surface area contributed by atoms with Crippen molar-refractivity contribution in [3.05, 3.63) is 62.8 Å². The number of rotatable bonds is 4. The molecule has 1 amide bonds. The average molecular weight is 404 g/mol. The Hall–Kier alpha value is -1.73. The number of hydrogen-bond donors (Lipinski definition) is 0. The molecular formula is C19H18ClN3OS2. The topological polar surface area (TPSA) is 36.4 Å². The Labute approximate surface area is 165 Å². The zero-order valence-corrected chi connectivity index (χ0v) is 16.5. The predicted octanol–water partition coefficient (Wildman–Crippen LogP) is 4.48. The van der Waals surface area contributed by atoms with Crippen molar-refractivity contribution in [3.8, 4) is 10.6 Å². The van der Waals surface area contributed by atoms with Crippen molar-refractivity contribution in [1.82, 2.24) is 14.8 Å². The Bertz CT molecular complexity index is 869. The van der Waals surface area contributed by atoms with Gasteiger partial charge in [0.25, 0.3) is 5.91 Å². The fraction of sp³-hybridized carbons (Fsp3) is 0.263. The van der Waals surface area contributed by atoms with Crippen LogP contribution in [-0.2, 0) is 6.54 Å². The van der Waals surface area contributed by atoms with Gasteiger partial charge >= 0.3 is 0 Å². The Morgan fingerprint density at radius 3 is 2.54 bits per heavy atom. The predicted molar refractivity (Wildman–Crippen MR) is 108 cm³/mol. The molecule has 1 aliphatic heterocycles. The number of thiazole rings is 1. The minimum absolute atomic E-state index is 0.0792. The van der Waals surface area contributed by atoms with Crippen LogP contribution in [-0.4, -0.2) is 46.9 Å². The summed E-state index contributed by atoms with van der Waals surface area (Å²) in [6.07, 6.45) is 0. The summed E-state index contributed by atoms with van der Waals surface area (Å²) < 4.78 is 0. The van der Waals surface area contributed by atoms with Crippen molar-refractivity contribution in [2.75, 3.05) is 26.2 Å². The molecule has 2 aromatic heterocycles. The highest BCUT2D eigenvalue weighted by molar-refractivity contribution is 7.14. The van der Waals surface area contributed by atoms with Gasteiger partial charge in [0, 0.05) is 42.1 Å². The number of halogens is 1. The molecule has 1 aromatic carbocycles. The van der Waals surface area contributed by atoms with Crippen LogP contribution in [0.1, 0.15) is 15.4 Å². The minimum Gasteiger partial charge on any atom is -0.336 e. The van der Waals surface area contributed by atoms with Gasteiger partial charge in [-0.2, -0.15) is 0 Å². The summed E-state index contributed by atoms with van der Waals surface area (Å²) in [7, 11) is 0. The van der Waals surface area contributed by atoms with Crippen LogP contribution in [0.25, 0.3) is 10.6 Å². The first-order chi connectivity index (χ1) is 12.7. The number of nitrogens with zero attached hydrogens (tertiary/aromatic N) is 3. The van der Waals surface area contributed by atoms with Crippen molar-refractivity contribution in [1.29, 1.82) is 0 Å². The number of hydrogen-bond acceptors (Lipinski definition) is 5. The van der Waals surface area contributed by atoms with Gasteiger partial charge in [-0.25, -0.2) is 4.98 Å². The van der Waals surface area contributed by atoms with Crippen LogP contribution >= 0.6 is 34.3 Å². The molecule has 134 valence electrons. The zero-order valence-electron chi connectivity index (χ0n) is 14.1. The van der Waals surface area contributed by atoms with E-state index in [0.717, 1.165) is 43.4 Å². The molecule has 0 N–H and O–H groups in total. The highest BCUT2D eigenvalue weighted by Gasteiger charge is 2.22. The maximum absolute atomic E-state index is 12.6. The second-order valence-corrected chi connectivity index (χ2v) is 8.51. The highest BCUT2D eigenvalue weighted by Crippen LogP contribution is 2.26. The molecule has 0 radical (unpaired) electrons. The van der Waals surface area contributed by atoms with E-state index in [1.807, 2.05) is 4.90 Å². The zero-order chi connectivity index (χ0) is 17.9. The van der Waals surface area contributed by atoms with Gasteiger partial charge in [0.15, 0.2) is 0 Å². The molecule has 4 nitrogen and oxygen atoms in total. The first-order valence-electron chi connectivity index (χ1n) is 8.44. The van der Waals surface area contributed by atoms with Gasteiger partial charge in [0.1, 0.15) is 5.01 Å². The number of piperazine rings is 1. The van der Waals surface area contributed by atoms with E-state index in [9.17, 15) is 4.79 Å². The van der Waals surface area contributed by atoms with Crippen molar-refractivity contribution < 1.29 is 4.79 Å². The molecule has 1 fully saturated rings. The monoisotopic (exact) mass is 403 g/mol. The number of carbonyl (C=O) groups is 1. The van der Waals surface area contributed by atoms with Gasteiger partial charge in [-0.1, -0.05) is 17.7 Å². The van der Waals surface area contributed by atoms with Gasteiger partial charge in [-0.05, 0) is 35.7 Å². The maximum Gasteiger partial charge on any atom is 0.253 e. The van der Waals surface area contributed by atoms with E-state index in [4.69, 9.17) is 16.6 Å². The molecule has 4 rings (SSSR count). The summed E-state index contributed by atoms with van der Waals surface area (Å²) in [6, 6.07) is 11.3. The molecule has 3 aromatic rings. The van der Waals surface area contributed by atoms with Crippen LogP contribution < -0.4 is 0 Å². The van der Waals surface area contributed by atoms with Crippen LogP contribution in [0.4, 0.5) is 0 Å². The van der Waals surface area contributed by atoms with E-state index in [-0.39, 0.29) is 5.91 Å². The van der Waals surface area contributed by atoms with Crippen molar-refractivity contribution >= 4 is 40.2 Å². The third-order valence-corrected chi connectivity index (χ3v) is 6.41. The normalized spacial score (nSPS) is 15.3. The minimum atomic E-state index is 0.0792. The van der Waals surface area contributed by atoms with E-state index in [2.05, 4.69) is 27.8 Å². The number of aromatic nitrogens is 1. The lowest BCUT2D eigenvalue weighted by Gasteiger charge is -2.34. The molecule has 0 bridgehead atoms. The van der Waals surface area contributed by atoms with Gasteiger partial charge in [0.2, 0.25) is 0 Å². The molecule has 0 unspecified atom stereocenters. The average Bonchev–Trinajstić information content (AvgIpc) is 3.34. The van der Waals surface area contributed by atoms with Crippen molar-refractivity contribution in [2.45, 2.75) is 6.54 Å². The molecule has 0 aliphatic carbocycles. The van der Waals surface area contributed by atoms with Crippen LogP contribution in [0.3, 0.4) is 0 Å². The fourth-order valence-corrected chi connectivity index (χ4v) is 4.72. The smallest absolute Gasteiger partial charge is 0.253 e. The quantitative estimate of drug-likeness (QED) is 0.644. The Kier molecular flexibility index (Phi) is 5.36. The first-order valence-corrected chi connectivity index (χ1v) is 10.6. The molecule has 0 spiro atoms. The Balaban J connectivity index is 1.32. The van der Waals surface area contributed by atoms with Crippen molar-refractivity contribution in [3.63, 3.8) is 0 Å². The Morgan fingerprint density at radius 2 is 1.85 bits per heavy atom. The van der Waals surface area contributed by atoms with E-state index in [1.165, 1.54) is 4.88 Å². The number of carbonyl (C=O) groups excluding carboxylic acids is 1. The number of benzene rings is 1. The van der Waals surface area contributed by atoms with Crippen LogP contribution in [0.2, 0.25) is 5.02 Å². The third kappa shape index (κ3) is 3.99. The van der Waals surface area contributed by atoms with E-state index in [0.29, 0.717) is 10.6 Å². The summed E-state index contributed by atoms with van der Waals surface area (Å²) in [5, 5.41) is 5.98.